The maximum Gasteiger partial charge on any atom is 0.328 e. The molecule has 5 atom stereocenters. The Morgan fingerprint density at radius 1 is 0.968 bits per heavy atom. The van der Waals surface area contributed by atoms with Crippen LogP contribution >= 0.6 is 12.6 Å². The van der Waals surface area contributed by atoms with Crippen LogP contribution in [0, 0.1) is 0 Å². The Hall–Kier alpha value is -2.42. The van der Waals surface area contributed by atoms with Crippen molar-refractivity contribution >= 4 is 42.2 Å². The number of thiol groups is 1. The number of carboxylic acid groups (broad SMARTS) is 1. The fraction of sp³-hybridized carbons (Fsp3) is 0.706. The third-order valence-electron chi connectivity index (χ3n) is 4.21. The largest absolute Gasteiger partial charge is 0.480 e. The maximum atomic E-state index is 12.5. The molecular weight excluding hydrogens is 432 g/mol. The van der Waals surface area contributed by atoms with E-state index in [0.29, 0.717) is 25.8 Å². The Labute approximate surface area is 185 Å². The molecule has 0 rings (SSSR count). The van der Waals surface area contributed by atoms with Crippen molar-refractivity contribution in [2.24, 2.45) is 17.2 Å². The van der Waals surface area contributed by atoms with Gasteiger partial charge in [0.15, 0.2) is 6.04 Å². The number of carboxylic acids is 1. The fourth-order valence-electron chi connectivity index (χ4n) is 2.44. The van der Waals surface area contributed by atoms with Gasteiger partial charge in [-0.15, -0.1) is 0 Å². The summed E-state index contributed by atoms with van der Waals surface area (Å²) in [6, 6.07) is -5.28. The number of aliphatic carboxylic acids is 1. The van der Waals surface area contributed by atoms with E-state index in [1.807, 2.05) is 5.32 Å². The monoisotopic (exact) mass is 464 g/mol. The first kappa shape index (κ1) is 28.6. The lowest BCUT2D eigenvalue weighted by Gasteiger charge is -2.24. The van der Waals surface area contributed by atoms with Crippen LogP contribution in [0.1, 0.15) is 32.6 Å². The second-order valence-electron chi connectivity index (χ2n) is 6.93. The van der Waals surface area contributed by atoms with Crippen molar-refractivity contribution in [2.75, 3.05) is 12.3 Å². The fourth-order valence-corrected chi connectivity index (χ4v) is 2.69. The Balaban J connectivity index is 5.17. The molecule has 0 saturated heterocycles. The number of carbonyl (C=O) groups excluding carboxylic acids is 4. The zero-order valence-electron chi connectivity index (χ0n) is 17.2. The lowest BCUT2D eigenvalue weighted by atomic mass is 10.1. The minimum absolute atomic E-state index is 0.149. The van der Waals surface area contributed by atoms with Gasteiger partial charge in [-0.25, -0.2) is 4.79 Å². The predicted molar refractivity (Wildman–Crippen MR) is 114 cm³/mol. The number of unbranched alkanes of at least 4 members (excludes halogenated alkanes) is 1. The summed E-state index contributed by atoms with van der Waals surface area (Å²) in [6.07, 6.45) is -0.429. The number of aliphatic hydroxyl groups is 1. The average Bonchev–Trinajstić information content (AvgIpc) is 2.68. The van der Waals surface area contributed by atoms with E-state index in [2.05, 4.69) is 23.3 Å². The van der Waals surface area contributed by atoms with Crippen LogP contribution < -0.4 is 33.2 Å². The summed E-state index contributed by atoms with van der Waals surface area (Å²) in [5, 5.41) is 25.2. The Morgan fingerprint density at radius 3 is 1.97 bits per heavy atom. The summed E-state index contributed by atoms with van der Waals surface area (Å²) in [5.74, 6) is -5.13. The number of aliphatic hydroxyl groups excluding tert-OH is 1. The van der Waals surface area contributed by atoms with Crippen molar-refractivity contribution in [3.63, 3.8) is 0 Å². The number of nitrogens with two attached hydrogens (primary N) is 3. The van der Waals surface area contributed by atoms with Crippen LogP contribution in [-0.4, -0.2) is 82.4 Å². The highest BCUT2D eigenvalue weighted by molar-refractivity contribution is 7.80. The molecule has 11 N–H and O–H groups in total. The van der Waals surface area contributed by atoms with Gasteiger partial charge in [-0.3, -0.25) is 19.2 Å². The molecule has 0 heterocycles. The van der Waals surface area contributed by atoms with Crippen LogP contribution in [0.2, 0.25) is 0 Å². The van der Waals surface area contributed by atoms with E-state index in [0.717, 1.165) is 6.92 Å². The number of rotatable bonds is 15. The zero-order chi connectivity index (χ0) is 24.1. The molecule has 0 aromatic rings. The molecule has 0 fully saturated rings. The average molecular weight is 465 g/mol. The molecule has 0 aromatic carbocycles. The molecule has 0 aliphatic heterocycles. The van der Waals surface area contributed by atoms with E-state index in [9.17, 15) is 29.1 Å². The molecule has 0 bridgehead atoms. The molecule has 0 aromatic heterocycles. The van der Waals surface area contributed by atoms with Gasteiger partial charge in [-0.1, -0.05) is 6.42 Å². The van der Waals surface area contributed by atoms with E-state index in [1.54, 1.807) is 0 Å². The molecule has 13 nitrogen and oxygen atoms in total. The maximum absolute atomic E-state index is 12.5. The van der Waals surface area contributed by atoms with Crippen molar-refractivity contribution < 1.29 is 34.2 Å². The highest BCUT2D eigenvalue weighted by atomic mass is 32.1. The van der Waals surface area contributed by atoms with Gasteiger partial charge in [-0.05, 0) is 26.3 Å². The van der Waals surface area contributed by atoms with E-state index < -0.39 is 66.3 Å². The van der Waals surface area contributed by atoms with E-state index in [1.165, 1.54) is 0 Å². The van der Waals surface area contributed by atoms with Crippen LogP contribution in [-0.2, 0) is 24.0 Å². The SMILES string of the molecule is CC(O)C(NC(=O)C(CC(N)=O)NC(=O)C(CS)NC(=O)C(N)CCCCN)C(=O)O. The van der Waals surface area contributed by atoms with Gasteiger partial charge in [-0.2, -0.15) is 12.6 Å². The van der Waals surface area contributed by atoms with Gasteiger partial charge >= 0.3 is 5.97 Å². The Bertz CT molecular complexity index is 648. The molecule has 5 unspecified atom stereocenters. The lowest BCUT2D eigenvalue weighted by molar-refractivity contribution is -0.145. The van der Waals surface area contributed by atoms with Crippen molar-refractivity contribution in [1.29, 1.82) is 0 Å². The van der Waals surface area contributed by atoms with E-state index >= 15 is 0 Å². The van der Waals surface area contributed by atoms with Gasteiger partial charge in [0.05, 0.1) is 18.6 Å². The van der Waals surface area contributed by atoms with Gasteiger partial charge in [0, 0.05) is 5.75 Å². The van der Waals surface area contributed by atoms with E-state index in [4.69, 9.17) is 22.3 Å². The van der Waals surface area contributed by atoms with Crippen molar-refractivity contribution in [3.05, 3.63) is 0 Å². The molecule has 14 heteroatoms. The number of nitrogens with one attached hydrogen (secondary N) is 3. The Kier molecular flexibility index (Phi) is 13.4. The second kappa shape index (κ2) is 14.6. The molecule has 0 aliphatic rings. The zero-order valence-corrected chi connectivity index (χ0v) is 18.1. The molecule has 0 saturated carbocycles. The molecule has 0 radical (unpaired) electrons. The highest BCUT2D eigenvalue weighted by Gasteiger charge is 2.32. The number of carbonyl (C=O) groups is 5. The van der Waals surface area contributed by atoms with Crippen LogP contribution in [0.3, 0.4) is 0 Å². The summed E-state index contributed by atoms with van der Waals surface area (Å²) in [7, 11) is 0. The number of hydrogen-bond acceptors (Lipinski definition) is 9. The minimum Gasteiger partial charge on any atom is -0.480 e. The molecule has 178 valence electrons. The minimum atomic E-state index is -1.67. The van der Waals surface area contributed by atoms with Gasteiger partial charge in [0.25, 0.3) is 0 Å². The Morgan fingerprint density at radius 2 is 1.52 bits per heavy atom. The summed E-state index contributed by atoms with van der Waals surface area (Å²) in [6.45, 7) is 1.60. The topological polar surface area (TPSA) is 240 Å². The quantitative estimate of drug-likeness (QED) is 0.0850. The molecule has 4 amide bonds. The van der Waals surface area contributed by atoms with Crippen LogP contribution in [0.5, 0.6) is 0 Å². The predicted octanol–water partition coefficient (Wildman–Crippen LogP) is -3.83. The van der Waals surface area contributed by atoms with Crippen LogP contribution in [0.25, 0.3) is 0 Å². The van der Waals surface area contributed by atoms with Gasteiger partial charge < -0.3 is 43.4 Å². The molecule has 0 spiro atoms. The first-order chi connectivity index (χ1) is 14.4. The number of hydrogen-bond donors (Lipinski definition) is 9. The number of amides is 4. The first-order valence-electron chi connectivity index (χ1n) is 9.61. The third-order valence-corrected chi connectivity index (χ3v) is 4.57. The standard InChI is InChI=1S/C17H32N6O7S/c1-8(24)13(17(29)30)23-15(27)10(6-12(20)25)21-16(28)11(7-31)22-14(26)9(19)4-2-3-5-18/h8-11,13,24,31H,2-7,18-19H2,1H3,(H2,20,25)(H,21,28)(H,22,26)(H,23,27)(H,29,30). The molecule has 0 aliphatic carbocycles. The molecular formula is C17H32N6O7S. The van der Waals surface area contributed by atoms with Gasteiger partial charge in [0.2, 0.25) is 23.6 Å². The summed E-state index contributed by atoms with van der Waals surface area (Å²) >= 11 is 4.00. The van der Waals surface area contributed by atoms with Crippen molar-refractivity contribution in [1.82, 2.24) is 16.0 Å². The third kappa shape index (κ3) is 11.0. The summed E-state index contributed by atoms with van der Waals surface area (Å²) in [4.78, 5) is 59.5. The van der Waals surface area contributed by atoms with Crippen LogP contribution in [0.4, 0.5) is 0 Å². The highest BCUT2D eigenvalue weighted by Crippen LogP contribution is 2.02. The smallest absolute Gasteiger partial charge is 0.328 e. The van der Waals surface area contributed by atoms with Gasteiger partial charge in [0.1, 0.15) is 12.1 Å². The summed E-state index contributed by atoms with van der Waals surface area (Å²) in [5.41, 5.74) is 16.3. The van der Waals surface area contributed by atoms with Crippen molar-refractivity contribution in [2.45, 2.75) is 62.9 Å². The van der Waals surface area contributed by atoms with Crippen molar-refractivity contribution in [3.8, 4) is 0 Å². The lowest BCUT2D eigenvalue weighted by Crippen LogP contribution is -2.59. The van der Waals surface area contributed by atoms with Crippen LogP contribution in [0.15, 0.2) is 0 Å². The van der Waals surface area contributed by atoms with E-state index in [-0.39, 0.29) is 5.75 Å². The first-order valence-corrected chi connectivity index (χ1v) is 10.2. The molecule has 31 heavy (non-hydrogen) atoms. The summed E-state index contributed by atoms with van der Waals surface area (Å²) < 4.78 is 0. The second-order valence-corrected chi connectivity index (χ2v) is 7.30. The number of primary amides is 1. The normalized spacial score (nSPS) is 15.6.